The lowest BCUT2D eigenvalue weighted by Gasteiger charge is -2.17. The molecule has 3 aromatic rings. The summed E-state index contributed by atoms with van der Waals surface area (Å²) in [5, 5.41) is 3.66. The van der Waals surface area contributed by atoms with Gasteiger partial charge in [-0.3, -0.25) is 4.79 Å². The zero-order valence-corrected chi connectivity index (χ0v) is 17.0. The molecule has 0 saturated carbocycles. The Morgan fingerprint density at radius 3 is 2.65 bits per heavy atom. The summed E-state index contributed by atoms with van der Waals surface area (Å²) >= 11 is 4.94. The van der Waals surface area contributed by atoms with Gasteiger partial charge in [0.05, 0.1) is 23.6 Å². The molecular formula is C19H18BrN3O2S. The number of carbonyl (C=O) groups is 1. The highest BCUT2D eigenvalue weighted by Gasteiger charge is 2.22. The Hall–Kier alpha value is -2.12. The van der Waals surface area contributed by atoms with Crippen LogP contribution in [0.25, 0.3) is 11.6 Å². The summed E-state index contributed by atoms with van der Waals surface area (Å²) in [6.45, 7) is 3.76. The normalized spacial score (nSPS) is 12.0. The minimum Gasteiger partial charge on any atom is -0.461 e. The number of carbonyl (C=O) groups excluding carboxylic acids is 1. The summed E-state index contributed by atoms with van der Waals surface area (Å²) < 4.78 is 6.33. The van der Waals surface area contributed by atoms with Crippen LogP contribution in [0.1, 0.15) is 34.6 Å². The molecule has 1 unspecified atom stereocenters. The monoisotopic (exact) mass is 431 g/mol. The van der Waals surface area contributed by atoms with Crippen LogP contribution in [0.5, 0.6) is 0 Å². The van der Waals surface area contributed by atoms with Gasteiger partial charge in [-0.05, 0) is 43.9 Å². The van der Waals surface area contributed by atoms with Gasteiger partial charge < -0.3 is 9.73 Å². The van der Waals surface area contributed by atoms with E-state index in [1.807, 2.05) is 44.4 Å². The van der Waals surface area contributed by atoms with Crippen molar-refractivity contribution in [3.05, 3.63) is 64.0 Å². The zero-order valence-electron chi connectivity index (χ0n) is 14.6. The van der Waals surface area contributed by atoms with E-state index in [1.165, 1.54) is 11.8 Å². The van der Waals surface area contributed by atoms with E-state index in [9.17, 15) is 4.79 Å². The van der Waals surface area contributed by atoms with E-state index in [4.69, 9.17) is 4.42 Å². The van der Waals surface area contributed by atoms with Gasteiger partial charge in [-0.25, -0.2) is 9.97 Å². The maximum absolute atomic E-state index is 12.9. The molecular weight excluding hydrogens is 414 g/mol. The van der Waals surface area contributed by atoms with E-state index < -0.39 is 0 Å². The molecule has 0 bridgehead atoms. The maximum Gasteiger partial charge on any atom is 0.256 e. The Morgan fingerprint density at radius 1 is 1.23 bits per heavy atom. The maximum atomic E-state index is 12.9. The van der Waals surface area contributed by atoms with Gasteiger partial charge in [0.1, 0.15) is 5.03 Å². The molecule has 0 radical (unpaired) electrons. The van der Waals surface area contributed by atoms with Gasteiger partial charge >= 0.3 is 0 Å². The van der Waals surface area contributed by atoms with Crippen molar-refractivity contribution in [1.82, 2.24) is 15.3 Å². The van der Waals surface area contributed by atoms with Crippen LogP contribution in [-0.2, 0) is 0 Å². The van der Waals surface area contributed by atoms with Crippen molar-refractivity contribution in [2.24, 2.45) is 0 Å². The van der Waals surface area contributed by atoms with Crippen LogP contribution >= 0.6 is 27.7 Å². The lowest BCUT2D eigenvalue weighted by molar-refractivity contribution is 0.0935. The third kappa shape index (κ3) is 3.83. The van der Waals surface area contributed by atoms with Gasteiger partial charge in [0, 0.05) is 4.47 Å². The molecule has 5 nitrogen and oxygen atoms in total. The third-order valence-corrected chi connectivity index (χ3v) is 5.34. The number of halogens is 1. The Balaban J connectivity index is 1.90. The number of nitrogens with one attached hydrogen (secondary N) is 1. The number of hydrogen-bond donors (Lipinski definition) is 1. The van der Waals surface area contributed by atoms with Crippen LogP contribution in [0.4, 0.5) is 0 Å². The summed E-state index contributed by atoms with van der Waals surface area (Å²) in [4.78, 5) is 21.9. The van der Waals surface area contributed by atoms with Crippen LogP contribution in [0.2, 0.25) is 0 Å². The lowest BCUT2D eigenvalue weighted by atomic mass is 10.1. The van der Waals surface area contributed by atoms with Gasteiger partial charge in [0.15, 0.2) is 11.6 Å². The van der Waals surface area contributed by atoms with Crippen molar-refractivity contribution in [3.63, 3.8) is 0 Å². The van der Waals surface area contributed by atoms with E-state index in [-0.39, 0.29) is 11.9 Å². The van der Waals surface area contributed by atoms with Gasteiger partial charge in [-0.2, -0.15) is 0 Å². The summed E-state index contributed by atoms with van der Waals surface area (Å²) in [7, 11) is 0. The van der Waals surface area contributed by atoms with Crippen molar-refractivity contribution in [2.45, 2.75) is 24.9 Å². The molecule has 26 heavy (non-hydrogen) atoms. The molecule has 0 aliphatic rings. The van der Waals surface area contributed by atoms with E-state index in [0.717, 1.165) is 10.0 Å². The molecule has 0 spiro atoms. The fourth-order valence-corrected chi connectivity index (χ4v) is 3.89. The van der Waals surface area contributed by atoms with Crippen molar-refractivity contribution in [1.29, 1.82) is 0 Å². The fraction of sp³-hybridized carbons (Fsp3) is 0.211. The van der Waals surface area contributed by atoms with Gasteiger partial charge in [-0.15, -0.1) is 11.8 Å². The van der Waals surface area contributed by atoms with Crippen LogP contribution in [0, 0.1) is 6.92 Å². The summed E-state index contributed by atoms with van der Waals surface area (Å²) in [5.74, 6) is 0.866. The molecule has 0 aliphatic carbocycles. The van der Waals surface area contributed by atoms with Crippen LogP contribution in [-0.4, -0.2) is 22.1 Å². The molecule has 1 N–H and O–H groups in total. The molecule has 1 aromatic carbocycles. The van der Waals surface area contributed by atoms with E-state index in [2.05, 4.69) is 31.2 Å². The minimum absolute atomic E-state index is 0.156. The number of benzene rings is 1. The van der Waals surface area contributed by atoms with Crippen molar-refractivity contribution < 1.29 is 9.21 Å². The summed E-state index contributed by atoms with van der Waals surface area (Å²) in [6, 6.07) is 11.3. The Labute approximate surface area is 164 Å². The summed E-state index contributed by atoms with van der Waals surface area (Å²) in [5.41, 5.74) is 2.12. The molecule has 1 amide bonds. The van der Waals surface area contributed by atoms with Gasteiger partial charge in [-0.1, -0.05) is 34.1 Å². The van der Waals surface area contributed by atoms with Crippen LogP contribution < -0.4 is 5.32 Å². The highest BCUT2D eigenvalue weighted by atomic mass is 79.9. The zero-order chi connectivity index (χ0) is 18.7. The number of hydrogen-bond acceptors (Lipinski definition) is 5. The van der Waals surface area contributed by atoms with Crippen LogP contribution in [0.3, 0.4) is 0 Å². The molecule has 2 aromatic heterocycles. The molecule has 1 atom stereocenters. The third-order valence-electron chi connectivity index (χ3n) is 3.94. The predicted molar refractivity (Wildman–Crippen MR) is 106 cm³/mol. The number of thioether (sulfide) groups is 1. The number of aromatic nitrogens is 2. The van der Waals surface area contributed by atoms with Crippen molar-refractivity contribution in [3.8, 4) is 11.6 Å². The second-order valence-corrected chi connectivity index (χ2v) is 7.36. The average Bonchev–Trinajstić information content (AvgIpc) is 3.15. The summed E-state index contributed by atoms with van der Waals surface area (Å²) in [6.07, 6.45) is 3.47. The molecule has 0 aliphatic heterocycles. The Kier molecular flexibility index (Phi) is 5.78. The Bertz CT molecular complexity index is 929. The minimum atomic E-state index is -0.193. The van der Waals surface area contributed by atoms with Crippen molar-refractivity contribution >= 4 is 33.6 Å². The predicted octanol–water partition coefficient (Wildman–Crippen LogP) is 5.02. The first kappa shape index (κ1) is 18.7. The number of nitrogens with zero attached hydrogens (tertiary/aromatic N) is 2. The first-order chi connectivity index (χ1) is 12.5. The number of furan rings is 1. The first-order valence-corrected chi connectivity index (χ1v) is 10.0. The molecule has 134 valence electrons. The van der Waals surface area contributed by atoms with Crippen molar-refractivity contribution in [2.75, 3.05) is 6.26 Å². The molecule has 0 fully saturated rings. The van der Waals surface area contributed by atoms with Gasteiger partial charge in [0.25, 0.3) is 5.91 Å². The molecule has 3 rings (SSSR count). The quantitative estimate of drug-likeness (QED) is 0.453. The number of rotatable bonds is 5. The Morgan fingerprint density at radius 2 is 2.00 bits per heavy atom. The molecule has 2 heterocycles. The largest absolute Gasteiger partial charge is 0.461 e. The number of aryl methyl sites for hydroxylation is 1. The second kappa shape index (κ2) is 8.05. The second-order valence-electron chi connectivity index (χ2n) is 5.71. The van der Waals surface area contributed by atoms with E-state index in [0.29, 0.717) is 27.9 Å². The fourth-order valence-electron chi connectivity index (χ4n) is 2.64. The average molecular weight is 432 g/mol. The molecule has 0 saturated heterocycles. The van der Waals surface area contributed by atoms with Gasteiger partial charge in [0.2, 0.25) is 0 Å². The van der Waals surface area contributed by atoms with Crippen LogP contribution in [0.15, 0.2) is 56.6 Å². The first-order valence-electron chi connectivity index (χ1n) is 8.03. The number of amides is 1. The highest BCUT2D eigenvalue weighted by molar-refractivity contribution is 9.10. The highest BCUT2D eigenvalue weighted by Crippen LogP contribution is 2.27. The molecule has 7 heteroatoms. The van der Waals surface area contributed by atoms with E-state index in [1.54, 1.807) is 18.4 Å². The SMILES string of the molecule is CSc1nc(-c2ccco2)nc(C)c1C(=O)NC(C)c1ccccc1Br. The lowest BCUT2D eigenvalue weighted by Crippen LogP contribution is -2.28. The van der Waals surface area contributed by atoms with E-state index >= 15 is 0 Å². The topological polar surface area (TPSA) is 68.0 Å². The smallest absolute Gasteiger partial charge is 0.256 e. The standard InChI is InChI=1S/C19H18BrN3O2S/c1-11(13-7-4-5-8-14(13)20)22-18(24)16-12(2)21-17(23-19(16)26-3)15-9-6-10-25-15/h4-11H,1-3H3,(H,22,24).